The van der Waals surface area contributed by atoms with Gasteiger partial charge in [0.2, 0.25) is 16.9 Å². The minimum absolute atomic E-state index is 0.0189. The van der Waals surface area contributed by atoms with Crippen molar-refractivity contribution in [1.29, 1.82) is 0 Å². The molecule has 0 saturated heterocycles. The Hall–Kier alpha value is -2.61. The lowest BCUT2D eigenvalue weighted by Gasteiger charge is -2.13. The van der Waals surface area contributed by atoms with Gasteiger partial charge in [0, 0.05) is 10.5 Å². The molecule has 0 amide bonds. The highest BCUT2D eigenvalue weighted by atomic mass is 79.9. The van der Waals surface area contributed by atoms with Crippen LogP contribution in [0.1, 0.15) is 0 Å². The molecule has 1 aromatic rings. The Bertz CT molecular complexity index is 935. The van der Waals surface area contributed by atoms with E-state index in [1.54, 1.807) is 18.2 Å². The number of halogens is 1. The van der Waals surface area contributed by atoms with E-state index in [1.807, 2.05) is 0 Å². The van der Waals surface area contributed by atoms with Gasteiger partial charge in [-0.2, -0.15) is 0 Å². The van der Waals surface area contributed by atoms with E-state index in [0.717, 1.165) is 17.6 Å². The van der Waals surface area contributed by atoms with Crippen molar-refractivity contribution in [3.63, 3.8) is 0 Å². The highest BCUT2D eigenvalue weighted by Crippen LogP contribution is 2.37. The van der Waals surface area contributed by atoms with E-state index in [9.17, 15) is 9.59 Å². The third-order valence-corrected chi connectivity index (χ3v) is 3.56. The van der Waals surface area contributed by atoms with Gasteiger partial charge >= 0.3 is 6.16 Å². The fourth-order valence-electron chi connectivity index (χ4n) is 2.08. The van der Waals surface area contributed by atoms with Crippen LogP contribution in [0.3, 0.4) is 0 Å². The Morgan fingerprint density at radius 1 is 1.26 bits per heavy atom. The van der Waals surface area contributed by atoms with Gasteiger partial charge in [0.15, 0.2) is 17.0 Å². The molecule has 1 aliphatic heterocycles. The van der Waals surface area contributed by atoms with Crippen molar-refractivity contribution in [3.05, 3.63) is 39.0 Å². The molecule has 0 spiro atoms. The van der Waals surface area contributed by atoms with Crippen LogP contribution in [0.5, 0.6) is 11.5 Å². The lowest BCUT2D eigenvalue weighted by molar-refractivity contribution is 0.121. The van der Waals surface area contributed by atoms with Crippen LogP contribution in [0.2, 0.25) is 0 Å². The van der Waals surface area contributed by atoms with E-state index in [-0.39, 0.29) is 23.0 Å². The Morgan fingerprint density at radius 2 is 2.04 bits per heavy atom. The van der Waals surface area contributed by atoms with Gasteiger partial charge in [0.1, 0.15) is 5.52 Å². The summed E-state index contributed by atoms with van der Waals surface area (Å²) < 4.78 is 21.0. The van der Waals surface area contributed by atoms with Crippen molar-refractivity contribution < 1.29 is 23.4 Å². The summed E-state index contributed by atoms with van der Waals surface area (Å²) in [6, 6.07) is 6.31. The molecule has 0 N–H and O–H groups in total. The van der Waals surface area contributed by atoms with Crippen LogP contribution in [0.4, 0.5) is 4.79 Å². The number of rotatable bonds is 2. The summed E-state index contributed by atoms with van der Waals surface area (Å²) in [4.78, 5) is 27.9. The predicted octanol–water partition coefficient (Wildman–Crippen LogP) is 3.21. The summed E-state index contributed by atoms with van der Waals surface area (Å²) in [5.74, 6) is 0.00605. The molecule has 0 aromatic heterocycles. The number of ether oxygens (including phenoxy) is 3. The summed E-state index contributed by atoms with van der Waals surface area (Å²) in [5.41, 5.74) is 0.647. The Balaban J connectivity index is 2.36. The second-order valence-electron chi connectivity index (χ2n) is 4.47. The molecule has 0 unspecified atom stereocenters. The first-order valence-corrected chi connectivity index (χ1v) is 7.19. The third-order valence-electron chi connectivity index (χ3n) is 3.07. The van der Waals surface area contributed by atoms with Gasteiger partial charge in [-0.15, -0.1) is 0 Å². The smallest absolute Gasteiger partial charge is 0.490 e. The molecule has 1 aromatic carbocycles. The van der Waals surface area contributed by atoms with E-state index in [2.05, 4.69) is 25.7 Å². The molecule has 8 heteroatoms. The monoisotopic (exact) mass is 379 g/mol. The Morgan fingerprint density at radius 3 is 2.74 bits per heavy atom. The number of carbonyl (C=O) groups is 1. The number of hydrogen-bond acceptors (Lipinski definition) is 7. The molecule has 2 aliphatic rings. The minimum atomic E-state index is -0.966. The van der Waals surface area contributed by atoms with Crippen molar-refractivity contribution in [2.45, 2.75) is 0 Å². The van der Waals surface area contributed by atoms with E-state index >= 15 is 0 Å². The lowest BCUT2D eigenvalue weighted by Crippen LogP contribution is -2.14. The summed E-state index contributed by atoms with van der Waals surface area (Å²) in [7, 11) is 2.51. The van der Waals surface area contributed by atoms with Crippen LogP contribution < -0.4 is 14.9 Å². The quantitative estimate of drug-likeness (QED) is 0.383. The molecule has 0 bridgehead atoms. The summed E-state index contributed by atoms with van der Waals surface area (Å²) in [5, 5.41) is 0. The zero-order valence-electron chi connectivity index (χ0n) is 12.1. The topological polar surface area (TPSA) is 87.9 Å². The third kappa shape index (κ3) is 2.72. The number of fused-ring (bicyclic) bond motifs is 2. The zero-order valence-corrected chi connectivity index (χ0v) is 13.7. The molecule has 0 atom stereocenters. The molecule has 23 heavy (non-hydrogen) atoms. The zero-order chi connectivity index (χ0) is 16.6. The molecular formula is C15H10BrNO6. The summed E-state index contributed by atoms with van der Waals surface area (Å²) in [6.45, 7) is 0. The fraction of sp³-hybridized carbons (Fsp3) is 0.133. The van der Waals surface area contributed by atoms with Gasteiger partial charge in [-0.25, -0.2) is 9.78 Å². The van der Waals surface area contributed by atoms with E-state index in [4.69, 9.17) is 13.9 Å². The molecule has 1 heterocycles. The molecule has 118 valence electrons. The van der Waals surface area contributed by atoms with Crippen molar-refractivity contribution in [3.8, 4) is 23.0 Å². The van der Waals surface area contributed by atoms with Crippen molar-refractivity contribution >= 4 is 33.2 Å². The largest absolute Gasteiger partial charge is 0.513 e. The van der Waals surface area contributed by atoms with Crippen LogP contribution in [-0.4, -0.2) is 25.4 Å². The maximum absolute atomic E-state index is 12.1. The maximum Gasteiger partial charge on any atom is 0.513 e. The molecule has 0 radical (unpaired) electrons. The van der Waals surface area contributed by atoms with Crippen molar-refractivity contribution in [2.75, 3.05) is 14.2 Å². The fourth-order valence-corrected chi connectivity index (χ4v) is 2.43. The molecule has 1 aliphatic carbocycles. The summed E-state index contributed by atoms with van der Waals surface area (Å²) >= 11 is 3.34. The minimum Gasteiger partial charge on any atom is -0.490 e. The molecular weight excluding hydrogens is 370 g/mol. The van der Waals surface area contributed by atoms with Gasteiger partial charge in [-0.05, 0) is 18.2 Å². The average Bonchev–Trinajstić information content (AvgIpc) is 2.53. The Labute approximate surface area is 138 Å². The number of aromatic nitrogens is 1. The predicted molar refractivity (Wildman–Crippen MR) is 84.2 cm³/mol. The van der Waals surface area contributed by atoms with Crippen LogP contribution in [0.25, 0.3) is 22.6 Å². The standard InChI is InChI=1S/C15H10BrNO6/c1-20-13-9(18)6-11(23-15(19)21-2)12-14(13)22-10-4-3-7(16)5-8(10)17-12/h3-6H,1-2H3. The SMILES string of the molecule is COC(=O)Oc1cc(=O)c(OC)c2oc3ccc(Br)cc3nc1-2. The first-order valence-electron chi connectivity index (χ1n) is 6.40. The van der Waals surface area contributed by atoms with Gasteiger partial charge in [-0.1, -0.05) is 15.9 Å². The lowest BCUT2D eigenvalue weighted by atomic mass is 10.1. The van der Waals surface area contributed by atoms with Crippen LogP contribution in [0.15, 0.2) is 37.9 Å². The van der Waals surface area contributed by atoms with Gasteiger partial charge in [0.25, 0.3) is 0 Å². The molecule has 0 fully saturated rings. The molecule has 3 rings (SSSR count). The van der Waals surface area contributed by atoms with Crippen LogP contribution >= 0.6 is 15.9 Å². The number of benzene rings is 2. The number of carbonyl (C=O) groups excluding carboxylic acids is 1. The molecule has 0 saturated carbocycles. The maximum atomic E-state index is 12.1. The van der Waals surface area contributed by atoms with Crippen molar-refractivity contribution in [1.82, 2.24) is 4.98 Å². The summed E-state index contributed by atoms with van der Waals surface area (Å²) in [6.07, 6.45) is -0.966. The highest BCUT2D eigenvalue weighted by molar-refractivity contribution is 9.10. The van der Waals surface area contributed by atoms with Gasteiger partial charge in [-0.3, -0.25) is 4.79 Å². The number of hydrogen-bond donors (Lipinski definition) is 0. The second kappa shape index (κ2) is 5.88. The van der Waals surface area contributed by atoms with E-state index < -0.39 is 11.6 Å². The Kier molecular flexibility index (Phi) is 3.91. The van der Waals surface area contributed by atoms with E-state index in [0.29, 0.717) is 11.1 Å². The molecule has 7 nitrogen and oxygen atoms in total. The first kappa shape index (κ1) is 15.3. The van der Waals surface area contributed by atoms with Crippen LogP contribution in [-0.2, 0) is 4.74 Å². The number of nitrogens with zero attached hydrogens (tertiary/aromatic N) is 1. The normalized spacial score (nSPS) is 10.7. The van der Waals surface area contributed by atoms with Gasteiger partial charge in [0.05, 0.1) is 14.2 Å². The van der Waals surface area contributed by atoms with E-state index in [1.165, 1.54) is 7.11 Å². The highest BCUT2D eigenvalue weighted by Gasteiger charge is 2.25. The first-order chi connectivity index (χ1) is 11.0. The second-order valence-corrected chi connectivity index (χ2v) is 5.38. The number of methoxy groups -OCH3 is 2. The average molecular weight is 380 g/mol. The van der Waals surface area contributed by atoms with Crippen LogP contribution in [0, 0.1) is 0 Å². The van der Waals surface area contributed by atoms with Crippen molar-refractivity contribution in [2.24, 2.45) is 0 Å². The van der Waals surface area contributed by atoms with Gasteiger partial charge < -0.3 is 18.6 Å².